The Labute approximate surface area is 189 Å². The summed E-state index contributed by atoms with van der Waals surface area (Å²) in [5, 5.41) is 5.18. The van der Waals surface area contributed by atoms with Crippen molar-refractivity contribution in [3.05, 3.63) is 63.1 Å². The largest absolute Gasteiger partial charge is 0.460 e. The second-order valence-electron chi connectivity index (χ2n) is 8.36. The van der Waals surface area contributed by atoms with Crippen LogP contribution in [0.5, 0.6) is 0 Å². The number of fused-ring (bicyclic) bond motifs is 2. The van der Waals surface area contributed by atoms with Gasteiger partial charge in [0.05, 0.1) is 34.4 Å². The van der Waals surface area contributed by atoms with E-state index >= 15 is 0 Å². The number of thiazole rings is 1. The van der Waals surface area contributed by atoms with Crippen LogP contribution in [0.2, 0.25) is 0 Å². The van der Waals surface area contributed by atoms with E-state index in [1.54, 1.807) is 32.9 Å². The molecule has 0 fully saturated rings. The van der Waals surface area contributed by atoms with E-state index in [-0.39, 0.29) is 24.0 Å². The minimum atomic E-state index is -4.48. The summed E-state index contributed by atoms with van der Waals surface area (Å²) in [6, 6.07) is 6.61. The molecule has 0 unspecified atom stereocenters. The quantitative estimate of drug-likeness (QED) is 0.407. The van der Waals surface area contributed by atoms with Gasteiger partial charge < -0.3 is 4.74 Å². The number of nitrogens with zero attached hydrogens (tertiary/aromatic N) is 4. The van der Waals surface area contributed by atoms with E-state index in [2.05, 4.69) is 15.1 Å². The van der Waals surface area contributed by atoms with Crippen LogP contribution in [0.15, 0.2) is 41.3 Å². The van der Waals surface area contributed by atoms with Crippen LogP contribution >= 0.6 is 11.3 Å². The van der Waals surface area contributed by atoms with Gasteiger partial charge in [0, 0.05) is 11.6 Å². The zero-order chi connectivity index (χ0) is 24.0. The van der Waals surface area contributed by atoms with Gasteiger partial charge in [-0.05, 0) is 51.1 Å². The van der Waals surface area contributed by atoms with Crippen molar-refractivity contribution in [1.82, 2.24) is 19.7 Å². The third-order valence-electron chi connectivity index (χ3n) is 4.57. The first-order valence-corrected chi connectivity index (χ1v) is 10.8. The van der Waals surface area contributed by atoms with Gasteiger partial charge in [0.25, 0.3) is 5.56 Å². The van der Waals surface area contributed by atoms with Gasteiger partial charge in [0.15, 0.2) is 0 Å². The number of alkyl halides is 3. The molecule has 0 aliphatic rings. The zero-order valence-electron chi connectivity index (χ0n) is 17.9. The molecule has 0 saturated heterocycles. The number of benzene rings is 1. The minimum Gasteiger partial charge on any atom is -0.460 e. The summed E-state index contributed by atoms with van der Waals surface area (Å²) in [6.45, 7) is 5.16. The number of pyridine rings is 1. The molecule has 0 atom stereocenters. The van der Waals surface area contributed by atoms with Crippen LogP contribution in [-0.2, 0) is 28.7 Å². The van der Waals surface area contributed by atoms with Gasteiger partial charge in [0.1, 0.15) is 16.1 Å². The number of carbonyl (C=O) groups is 1. The Balaban J connectivity index is 1.73. The lowest BCUT2D eigenvalue weighted by atomic mass is 10.1. The second kappa shape index (κ2) is 8.22. The molecule has 7 nitrogen and oxygen atoms in total. The molecule has 1 aromatic carbocycles. The van der Waals surface area contributed by atoms with E-state index in [9.17, 15) is 22.8 Å². The van der Waals surface area contributed by atoms with Crippen molar-refractivity contribution in [3.8, 4) is 0 Å². The summed E-state index contributed by atoms with van der Waals surface area (Å²) in [7, 11) is 0. The first kappa shape index (κ1) is 22.8. The van der Waals surface area contributed by atoms with Gasteiger partial charge in [-0.15, -0.1) is 11.3 Å². The molecule has 0 aliphatic heterocycles. The molecule has 11 heteroatoms. The SMILES string of the molecule is CC(C)(C)OC(=O)Cc1nn(Cc2nc3cc(C(F)(F)F)ccc3s2)c(=O)c2ncccc12. The maximum Gasteiger partial charge on any atom is 0.416 e. The van der Waals surface area contributed by atoms with Gasteiger partial charge in [-0.1, -0.05) is 0 Å². The zero-order valence-corrected chi connectivity index (χ0v) is 18.8. The average molecular weight is 476 g/mol. The molecule has 0 N–H and O–H groups in total. The summed E-state index contributed by atoms with van der Waals surface area (Å²) in [5.74, 6) is -0.509. The fourth-order valence-electron chi connectivity index (χ4n) is 3.28. The Hall–Kier alpha value is -3.34. The molecule has 0 amide bonds. The number of hydrogen-bond donors (Lipinski definition) is 0. The number of hydrogen-bond acceptors (Lipinski definition) is 7. The molecule has 172 valence electrons. The van der Waals surface area contributed by atoms with Crippen molar-refractivity contribution in [2.75, 3.05) is 0 Å². The van der Waals surface area contributed by atoms with Gasteiger partial charge in [-0.2, -0.15) is 18.3 Å². The number of halogens is 3. The molecule has 3 heterocycles. The Morgan fingerprint density at radius 1 is 1.18 bits per heavy atom. The van der Waals surface area contributed by atoms with Crippen LogP contribution in [0, 0.1) is 0 Å². The van der Waals surface area contributed by atoms with Gasteiger partial charge >= 0.3 is 12.1 Å². The summed E-state index contributed by atoms with van der Waals surface area (Å²) in [6.07, 6.45) is -3.19. The van der Waals surface area contributed by atoms with Crippen LogP contribution in [0.25, 0.3) is 21.1 Å². The predicted molar refractivity (Wildman–Crippen MR) is 117 cm³/mol. The molecular formula is C22H19F3N4O3S. The average Bonchev–Trinajstić information content (AvgIpc) is 3.11. The van der Waals surface area contributed by atoms with Crippen molar-refractivity contribution in [1.29, 1.82) is 0 Å². The van der Waals surface area contributed by atoms with Crippen LogP contribution in [-0.4, -0.2) is 31.3 Å². The van der Waals surface area contributed by atoms with Crippen molar-refractivity contribution in [2.24, 2.45) is 0 Å². The Bertz CT molecular complexity index is 1420. The van der Waals surface area contributed by atoms with Crippen LogP contribution in [0.3, 0.4) is 0 Å². The monoisotopic (exact) mass is 476 g/mol. The Morgan fingerprint density at radius 2 is 1.94 bits per heavy atom. The minimum absolute atomic E-state index is 0.0760. The van der Waals surface area contributed by atoms with Gasteiger partial charge in [0.2, 0.25) is 0 Å². The number of esters is 1. The van der Waals surface area contributed by atoms with E-state index in [1.165, 1.54) is 12.3 Å². The fourth-order valence-corrected chi connectivity index (χ4v) is 4.21. The van der Waals surface area contributed by atoms with Crippen molar-refractivity contribution in [3.63, 3.8) is 0 Å². The van der Waals surface area contributed by atoms with E-state index in [1.807, 2.05) is 0 Å². The van der Waals surface area contributed by atoms with Gasteiger partial charge in [-0.3, -0.25) is 14.6 Å². The first-order chi connectivity index (χ1) is 15.4. The van der Waals surface area contributed by atoms with Crippen LogP contribution in [0.4, 0.5) is 13.2 Å². The maximum atomic E-state index is 13.0. The topological polar surface area (TPSA) is 87.0 Å². The Morgan fingerprint density at radius 3 is 2.64 bits per heavy atom. The number of ether oxygens (including phenoxy) is 1. The molecule has 4 rings (SSSR count). The number of aromatic nitrogens is 4. The number of rotatable bonds is 4. The van der Waals surface area contributed by atoms with Gasteiger partial charge in [-0.25, -0.2) is 9.67 Å². The highest BCUT2D eigenvalue weighted by Gasteiger charge is 2.31. The van der Waals surface area contributed by atoms with E-state index in [4.69, 9.17) is 4.74 Å². The standard InChI is InChI=1S/C22H19F3N4O3S/c1-21(2,3)32-18(30)10-14-13-5-4-8-26-19(13)20(31)29(28-14)11-17-27-15-9-12(22(23,24)25)6-7-16(15)33-17/h4-9H,10-11H2,1-3H3. The molecule has 3 aromatic heterocycles. The summed E-state index contributed by atoms with van der Waals surface area (Å²) in [5.41, 5.74) is -1.34. The van der Waals surface area contributed by atoms with Crippen molar-refractivity contribution in [2.45, 2.75) is 45.5 Å². The highest BCUT2D eigenvalue weighted by molar-refractivity contribution is 7.18. The third kappa shape index (κ3) is 5.03. The molecule has 0 saturated carbocycles. The summed E-state index contributed by atoms with van der Waals surface area (Å²) < 4.78 is 46.0. The maximum absolute atomic E-state index is 13.0. The third-order valence-corrected chi connectivity index (χ3v) is 5.59. The molecule has 0 bridgehead atoms. The molecule has 0 radical (unpaired) electrons. The van der Waals surface area contributed by atoms with E-state index < -0.39 is 28.9 Å². The highest BCUT2D eigenvalue weighted by atomic mass is 32.1. The summed E-state index contributed by atoms with van der Waals surface area (Å²) >= 11 is 1.16. The molecule has 33 heavy (non-hydrogen) atoms. The van der Waals surface area contributed by atoms with Crippen LogP contribution in [0.1, 0.15) is 37.0 Å². The predicted octanol–water partition coefficient (Wildman–Crippen LogP) is 4.35. The van der Waals surface area contributed by atoms with E-state index in [0.29, 0.717) is 20.8 Å². The van der Waals surface area contributed by atoms with Crippen molar-refractivity contribution >= 4 is 38.4 Å². The lowest BCUT2D eigenvalue weighted by Gasteiger charge is -2.19. The second-order valence-corrected chi connectivity index (χ2v) is 9.48. The lowest BCUT2D eigenvalue weighted by molar-refractivity contribution is -0.154. The van der Waals surface area contributed by atoms with Crippen LogP contribution < -0.4 is 5.56 Å². The normalized spacial score (nSPS) is 12.4. The fraction of sp³-hybridized carbons (Fsp3) is 0.318. The smallest absolute Gasteiger partial charge is 0.416 e. The number of carbonyl (C=O) groups excluding carboxylic acids is 1. The highest BCUT2D eigenvalue weighted by Crippen LogP contribution is 2.33. The van der Waals surface area contributed by atoms with E-state index in [0.717, 1.165) is 28.2 Å². The lowest BCUT2D eigenvalue weighted by Crippen LogP contribution is -2.28. The van der Waals surface area contributed by atoms with Crippen molar-refractivity contribution < 1.29 is 22.7 Å². The summed E-state index contributed by atoms with van der Waals surface area (Å²) in [4.78, 5) is 33.7. The molecule has 0 aliphatic carbocycles. The molecule has 4 aromatic rings. The first-order valence-electron chi connectivity index (χ1n) is 9.94. The molecule has 0 spiro atoms. The Kier molecular flexibility index (Phi) is 5.69. The molecular weight excluding hydrogens is 457 g/mol.